The predicted molar refractivity (Wildman–Crippen MR) is 128 cm³/mol. The van der Waals surface area contributed by atoms with E-state index in [1.807, 2.05) is 47.0 Å². The maximum Gasteiger partial charge on any atom is 0.315 e. The second-order valence-electron chi connectivity index (χ2n) is 4.15. The van der Waals surface area contributed by atoms with Crippen molar-refractivity contribution in [1.29, 1.82) is 0 Å². The van der Waals surface area contributed by atoms with Crippen LogP contribution in [-0.4, -0.2) is 79.5 Å². The van der Waals surface area contributed by atoms with E-state index in [0.29, 0.717) is 30.7 Å². The van der Waals surface area contributed by atoms with E-state index in [9.17, 15) is 4.79 Å². The molecule has 26 heavy (non-hydrogen) atoms. The van der Waals surface area contributed by atoms with Gasteiger partial charge >= 0.3 is 5.97 Å². The average Bonchev–Trinajstić information content (AvgIpc) is 2.65. The van der Waals surface area contributed by atoms with E-state index in [1.54, 1.807) is 23.5 Å². The fourth-order valence-electron chi connectivity index (χ4n) is 1.15. The van der Waals surface area contributed by atoms with Crippen LogP contribution in [0.1, 0.15) is 6.92 Å². The molecule has 0 aromatic carbocycles. The molecule has 0 atom stereocenters. The lowest BCUT2D eigenvalue weighted by Crippen LogP contribution is -2.10. The number of aliphatic hydroxyl groups is 1. The van der Waals surface area contributed by atoms with Gasteiger partial charge in [0.1, 0.15) is 12.5 Å². The van der Waals surface area contributed by atoms with E-state index < -0.39 is 0 Å². The van der Waals surface area contributed by atoms with E-state index in [-0.39, 0.29) is 11.9 Å². The number of carbonyl (C=O) groups is 1. The van der Waals surface area contributed by atoms with Crippen LogP contribution in [0.25, 0.3) is 0 Å². The average molecular weight is 501 g/mol. The Balaban J connectivity index is 3.07. The number of thioether (sulfide) groups is 7. The third kappa shape index (κ3) is 23.8. The third-order valence-electron chi connectivity index (χ3n) is 2.20. The molecule has 0 aliphatic carbocycles. The summed E-state index contributed by atoms with van der Waals surface area (Å²) in [5, 5.41) is 12.6. The summed E-state index contributed by atoms with van der Waals surface area (Å²) in [6, 6.07) is 0. The smallest absolute Gasteiger partial charge is 0.315 e. The van der Waals surface area contributed by atoms with Crippen LogP contribution in [-0.2, 0) is 19.3 Å². The number of hydrogen-bond donors (Lipinski definition) is 1. The third-order valence-corrected chi connectivity index (χ3v) is 9.74. The van der Waals surface area contributed by atoms with E-state index in [2.05, 4.69) is 6.92 Å². The Morgan fingerprint density at radius 3 is 2.27 bits per heavy atom. The summed E-state index contributed by atoms with van der Waals surface area (Å²) >= 11 is 12.1. The molecule has 0 bridgehead atoms. The fraction of sp³-hybridized carbons (Fsp3) is 0.929. The van der Waals surface area contributed by atoms with Crippen molar-refractivity contribution >= 4 is 88.3 Å². The first-order chi connectivity index (χ1) is 12.8. The number of esters is 1. The van der Waals surface area contributed by atoms with Gasteiger partial charge in [-0.2, -0.15) is 11.8 Å². The Kier molecular flexibility index (Phi) is 26.6. The monoisotopic (exact) mass is 500 g/mol. The van der Waals surface area contributed by atoms with Gasteiger partial charge in [-0.1, -0.05) is 6.92 Å². The van der Waals surface area contributed by atoms with Crippen molar-refractivity contribution in [3.8, 4) is 0 Å². The molecule has 0 aromatic heterocycles. The summed E-state index contributed by atoms with van der Waals surface area (Å²) in [4.78, 5) is 21.6. The van der Waals surface area contributed by atoms with Crippen LogP contribution in [0, 0.1) is 0 Å². The minimum absolute atomic E-state index is 0.0668. The van der Waals surface area contributed by atoms with Gasteiger partial charge in [0.2, 0.25) is 0 Å². The van der Waals surface area contributed by atoms with Crippen molar-refractivity contribution in [3.63, 3.8) is 0 Å². The van der Waals surface area contributed by atoms with Crippen molar-refractivity contribution in [2.45, 2.75) is 6.92 Å². The molecular weight excluding hydrogens is 473 g/mol. The second kappa shape index (κ2) is 24.8. The second-order valence-corrected chi connectivity index (χ2v) is 13.0. The molecule has 0 unspecified atom stereocenters. The van der Waals surface area contributed by atoms with Crippen molar-refractivity contribution < 1.29 is 24.4 Å². The number of hydrogen-bond acceptors (Lipinski definition) is 12. The molecule has 0 radical (unpaired) electrons. The summed E-state index contributed by atoms with van der Waals surface area (Å²) in [7, 11) is 0. The van der Waals surface area contributed by atoms with Crippen LogP contribution in [0.15, 0.2) is 0 Å². The van der Waals surface area contributed by atoms with Crippen molar-refractivity contribution in [3.05, 3.63) is 0 Å². The first-order valence-electron chi connectivity index (χ1n) is 7.86. The van der Waals surface area contributed by atoms with E-state index in [0.717, 1.165) is 31.8 Å². The van der Waals surface area contributed by atoms with Gasteiger partial charge in [-0.3, -0.25) is 4.79 Å². The molecule has 0 heterocycles. The maximum absolute atomic E-state index is 11.4. The summed E-state index contributed by atoms with van der Waals surface area (Å²) in [6.45, 7) is 3.14. The Labute approximate surface area is 187 Å². The largest absolute Gasteiger partial charge is 0.464 e. The SMILES string of the molecule is CCSCSCOOCCSCSCSCSCC(=O)OCCSCO. The van der Waals surface area contributed by atoms with Crippen molar-refractivity contribution in [2.75, 3.05) is 68.4 Å². The number of ether oxygens (including phenoxy) is 1. The van der Waals surface area contributed by atoms with Crippen molar-refractivity contribution in [1.82, 2.24) is 0 Å². The summed E-state index contributed by atoms with van der Waals surface area (Å²) in [5.74, 6) is 3.58. The lowest BCUT2D eigenvalue weighted by atomic mass is 10.8. The van der Waals surface area contributed by atoms with Gasteiger partial charge in [0.25, 0.3) is 0 Å². The van der Waals surface area contributed by atoms with E-state index >= 15 is 0 Å². The van der Waals surface area contributed by atoms with Crippen LogP contribution in [0.5, 0.6) is 0 Å². The quantitative estimate of drug-likeness (QED) is 0.0800. The molecule has 12 heteroatoms. The van der Waals surface area contributed by atoms with E-state index in [1.165, 1.54) is 11.8 Å². The van der Waals surface area contributed by atoms with E-state index in [4.69, 9.17) is 19.6 Å². The topological polar surface area (TPSA) is 65.0 Å². The minimum Gasteiger partial charge on any atom is -0.464 e. The number of aliphatic hydroxyl groups excluding tert-OH is 1. The standard InChI is InChI=1S/C14H28O5S7/c1-2-20-10-24-9-19-18-4-6-22-11-25-13-26-12-23-7-14(16)17-3-5-21-8-15/h15H,2-13H2,1H3. The van der Waals surface area contributed by atoms with Crippen LogP contribution >= 0.6 is 82.3 Å². The Morgan fingerprint density at radius 1 is 0.808 bits per heavy atom. The molecule has 5 nitrogen and oxygen atoms in total. The highest BCUT2D eigenvalue weighted by molar-refractivity contribution is 8.26. The predicted octanol–water partition coefficient (Wildman–Crippen LogP) is 4.37. The van der Waals surface area contributed by atoms with Gasteiger partial charge in [0.05, 0.1) is 18.3 Å². The molecule has 0 saturated carbocycles. The molecule has 0 saturated heterocycles. The lowest BCUT2D eigenvalue weighted by Gasteiger charge is -2.05. The first-order valence-corrected chi connectivity index (χ1v) is 15.9. The van der Waals surface area contributed by atoms with Gasteiger partial charge in [-0.05, 0) is 5.75 Å². The van der Waals surface area contributed by atoms with Crippen LogP contribution in [0.2, 0.25) is 0 Å². The Hall–Kier alpha value is 1.80. The maximum atomic E-state index is 11.4. The highest BCUT2D eigenvalue weighted by Crippen LogP contribution is 2.21. The summed E-state index contributed by atoms with van der Waals surface area (Å²) in [5.41, 5.74) is 0. The molecule has 156 valence electrons. The molecule has 0 aromatic rings. The number of carbonyl (C=O) groups excluding carboxylic acids is 1. The van der Waals surface area contributed by atoms with Gasteiger partial charge < -0.3 is 9.84 Å². The van der Waals surface area contributed by atoms with Gasteiger partial charge in [0, 0.05) is 31.8 Å². The first kappa shape index (κ1) is 27.8. The van der Waals surface area contributed by atoms with Crippen LogP contribution in [0.3, 0.4) is 0 Å². The molecular formula is C14H28O5S7. The van der Waals surface area contributed by atoms with Gasteiger partial charge in [-0.15, -0.1) is 70.6 Å². The molecule has 0 rings (SSSR count). The Morgan fingerprint density at radius 2 is 1.50 bits per heavy atom. The fourth-order valence-corrected chi connectivity index (χ4v) is 7.45. The van der Waals surface area contributed by atoms with Crippen LogP contribution in [0.4, 0.5) is 0 Å². The summed E-state index contributed by atoms with van der Waals surface area (Å²) in [6.07, 6.45) is 0. The molecule has 0 amide bonds. The number of rotatable bonds is 21. The molecule has 0 aliphatic rings. The highest BCUT2D eigenvalue weighted by Gasteiger charge is 2.02. The molecule has 1 N–H and O–H groups in total. The summed E-state index contributed by atoms with van der Waals surface area (Å²) < 4.78 is 5.03. The molecule has 0 fully saturated rings. The van der Waals surface area contributed by atoms with Crippen molar-refractivity contribution in [2.24, 2.45) is 0 Å². The van der Waals surface area contributed by atoms with Gasteiger partial charge in [-0.25, -0.2) is 9.78 Å². The highest BCUT2D eigenvalue weighted by atomic mass is 32.2. The Bertz CT molecular complexity index is 303. The molecule has 0 aliphatic heterocycles. The minimum atomic E-state index is -0.179. The zero-order valence-corrected chi connectivity index (χ0v) is 20.6. The van der Waals surface area contributed by atoms with Crippen LogP contribution < -0.4 is 0 Å². The zero-order valence-electron chi connectivity index (χ0n) is 14.9. The zero-order chi connectivity index (χ0) is 19.1. The normalized spacial score (nSPS) is 11.0. The lowest BCUT2D eigenvalue weighted by molar-refractivity contribution is -0.274. The van der Waals surface area contributed by atoms with Gasteiger partial charge in [0.15, 0.2) is 0 Å². The molecule has 0 spiro atoms.